The summed E-state index contributed by atoms with van der Waals surface area (Å²) in [6.07, 6.45) is 6.21. The van der Waals surface area contributed by atoms with Crippen molar-refractivity contribution in [3.8, 4) is 0 Å². The lowest BCUT2D eigenvalue weighted by molar-refractivity contribution is -0.122. The number of nitrogens with zero attached hydrogens (tertiary/aromatic N) is 3. The molecule has 0 spiro atoms. The number of pyridine rings is 1. The molecular weight excluding hydrogens is 448 g/mol. The number of nitrogens with one attached hydrogen (secondary N) is 5. The van der Waals surface area contributed by atoms with Crippen molar-refractivity contribution in [1.82, 2.24) is 37.2 Å². The Balaban J connectivity index is 1.69. The maximum absolute atomic E-state index is 13.7. The molecule has 2 amide bonds. The Kier molecular flexibility index (Phi) is 7.51. The molecule has 3 aromatic rings. The minimum atomic E-state index is -0.978. The summed E-state index contributed by atoms with van der Waals surface area (Å²) in [6.45, 7) is 6.72. The van der Waals surface area contributed by atoms with Crippen LogP contribution in [0.2, 0.25) is 0 Å². The van der Waals surface area contributed by atoms with E-state index in [1.807, 2.05) is 24.3 Å². The number of rotatable bonds is 8. The summed E-state index contributed by atoms with van der Waals surface area (Å²) in [7, 11) is 0. The number of hydrogen-bond acceptors (Lipinski definition) is 9. The van der Waals surface area contributed by atoms with Gasteiger partial charge in [0.2, 0.25) is 5.91 Å². The van der Waals surface area contributed by atoms with E-state index in [0.717, 1.165) is 5.56 Å². The molecule has 11 nitrogen and oxygen atoms in total. The molecule has 0 radical (unpaired) electrons. The lowest BCUT2D eigenvalue weighted by Crippen LogP contribution is -2.45. The molecule has 0 aliphatic carbocycles. The maximum atomic E-state index is 13.7. The topological polar surface area (TPSA) is 136 Å². The van der Waals surface area contributed by atoms with E-state index in [2.05, 4.69) is 58.0 Å². The predicted molar refractivity (Wildman–Crippen MR) is 129 cm³/mol. The van der Waals surface area contributed by atoms with Gasteiger partial charge in [-0.15, -0.1) is 0 Å². The van der Waals surface area contributed by atoms with Gasteiger partial charge in [0, 0.05) is 30.2 Å². The molecule has 4 rings (SSSR count). The van der Waals surface area contributed by atoms with Crippen LogP contribution < -0.4 is 32.1 Å². The molecule has 1 aromatic carbocycles. The van der Waals surface area contributed by atoms with Crippen LogP contribution in [-0.2, 0) is 10.2 Å². The Hall–Kier alpha value is -3.64. The van der Waals surface area contributed by atoms with Gasteiger partial charge in [-0.1, -0.05) is 39.0 Å². The van der Waals surface area contributed by atoms with Crippen LogP contribution in [0.5, 0.6) is 0 Å². The SMILES string of the molecule is CC(C)(C)c1ccc(N(C(=O)c2cocn2)C(C(=O)NCCC2NNNN2)c2cccnc2)cc1. The van der Waals surface area contributed by atoms with E-state index in [0.29, 0.717) is 24.2 Å². The second-order valence-corrected chi connectivity index (χ2v) is 9.21. The molecular formula is C24H30N8O3. The van der Waals surface area contributed by atoms with Gasteiger partial charge < -0.3 is 9.73 Å². The molecule has 1 unspecified atom stereocenters. The van der Waals surface area contributed by atoms with Gasteiger partial charge in [0.25, 0.3) is 5.91 Å². The minimum absolute atomic E-state index is 0.0639. The zero-order valence-corrected chi connectivity index (χ0v) is 19.9. The number of benzene rings is 1. The second kappa shape index (κ2) is 10.7. The van der Waals surface area contributed by atoms with E-state index in [-0.39, 0.29) is 23.2 Å². The number of hydrogen-bond donors (Lipinski definition) is 5. The molecule has 5 N–H and O–H groups in total. The third kappa shape index (κ3) is 5.89. The van der Waals surface area contributed by atoms with E-state index in [9.17, 15) is 9.59 Å². The zero-order chi connectivity index (χ0) is 24.8. The number of oxazole rings is 1. The van der Waals surface area contributed by atoms with Crippen LogP contribution in [0.1, 0.15) is 54.8 Å². The molecule has 1 aliphatic heterocycles. The number of anilines is 1. The highest BCUT2D eigenvalue weighted by Crippen LogP contribution is 2.31. The van der Waals surface area contributed by atoms with Gasteiger partial charge >= 0.3 is 0 Å². The third-order valence-corrected chi connectivity index (χ3v) is 5.68. The van der Waals surface area contributed by atoms with Crippen LogP contribution in [0.4, 0.5) is 5.69 Å². The van der Waals surface area contributed by atoms with Crippen LogP contribution in [0, 0.1) is 0 Å². The van der Waals surface area contributed by atoms with Crippen molar-refractivity contribution < 1.29 is 14.0 Å². The van der Waals surface area contributed by atoms with E-state index in [1.54, 1.807) is 24.5 Å². The van der Waals surface area contributed by atoms with E-state index < -0.39 is 11.9 Å². The number of aromatic nitrogens is 2. The fraction of sp³-hybridized carbons (Fsp3) is 0.333. The van der Waals surface area contributed by atoms with Gasteiger partial charge in [-0.3, -0.25) is 19.5 Å². The van der Waals surface area contributed by atoms with Gasteiger partial charge in [0.1, 0.15) is 12.3 Å². The highest BCUT2D eigenvalue weighted by Gasteiger charge is 2.35. The van der Waals surface area contributed by atoms with Gasteiger partial charge in [-0.25, -0.2) is 15.8 Å². The van der Waals surface area contributed by atoms with Crippen LogP contribution in [0.15, 0.2) is 65.9 Å². The summed E-state index contributed by atoms with van der Waals surface area (Å²) in [5, 5.41) is 2.95. The lowest BCUT2D eigenvalue weighted by atomic mass is 9.87. The summed E-state index contributed by atoms with van der Waals surface area (Å²) in [5.74, 6) is -0.799. The molecule has 1 atom stereocenters. The standard InChI is InChI=1S/C24H30N8O3/c1-24(2,3)17-6-8-18(9-7-17)32(23(34)19-14-35-15-27-19)21(16-5-4-11-25-13-16)22(33)26-12-10-20-28-30-31-29-20/h4-9,11,13-15,20-21,28-31H,10,12H2,1-3H3,(H,26,33). The smallest absolute Gasteiger partial charge is 0.281 e. The summed E-state index contributed by atoms with van der Waals surface area (Å²) >= 11 is 0. The average molecular weight is 479 g/mol. The van der Waals surface area contributed by atoms with Crippen molar-refractivity contribution in [2.24, 2.45) is 0 Å². The Morgan fingerprint density at radius 3 is 2.49 bits per heavy atom. The van der Waals surface area contributed by atoms with Crippen LogP contribution in [0.3, 0.4) is 0 Å². The fourth-order valence-electron chi connectivity index (χ4n) is 3.77. The van der Waals surface area contributed by atoms with Crippen molar-refractivity contribution in [3.63, 3.8) is 0 Å². The lowest BCUT2D eigenvalue weighted by Gasteiger charge is -2.31. The number of hydrazine groups is 3. The fourth-order valence-corrected chi connectivity index (χ4v) is 3.77. The molecule has 184 valence electrons. The van der Waals surface area contributed by atoms with E-state index in [1.165, 1.54) is 17.6 Å². The molecule has 11 heteroatoms. The summed E-state index contributed by atoms with van der Waals surface area (Å²) in [6, 6.07) is 10.2. The van der Waals surface area contributed by atoms with E-state index in [4.69, 9.17) is 4.42 Å². The molecule has 3 heterocycles. The van der Waals surface area contributed by atoms with Crippen molar-refractivity contribution in [3.05, 3.63) is 78.3 Å². The Labute approximate surface area is 203 Å². The first-order chi connectivity index (χ1) is 16.8. The first-order valence-corrected chi connectivity index (χ1v) is 11.4. The van der Waals surface area contributed by atoms with Crippen molar-refractivity contribution in [2.45, 2.75) is 44.8 Å². The largest absolute Gasteiger partial charge is 0.451 e. The molecule has 1 aliphatic rings. The van der Waals surface area contributed by atoms with Crippen molar-refractivity contribution in [1.29, 1.82) is 0 Å². The minimum Gasteiger partial charge on any atom is -0.451 e. The van der Waals surface area contributed by atoms with Crippen LogP contribution in [0.25, 0.3) is 0 Å². The highest BCUT2D eigenvalue weighted by molar-refractivity contribution is 6.09. The Morgan fingerprint density at radius 1 is 1.14 bits per heavy atom. The van der Waals surface area contributed by atoms with Gasteiger partial charge in [-0.2, -0.15) is 11.1 Å². The molecule has 2 aromatic heterocycles. The molecule has 0 bridgehead atoms. The predicted octanol–water partition coefficient (Wildman–Crippen LogP) is 1.70. The Bertz CT molecular complexity index is 1110. The summed E-state index contributed by atoms with van der Waals surface area (Å²) in [5.41, 5.74) is 13.7. The van der Waals surface area contributed by atoms with Gasteiger partial charge in [0.15, 0.2) is 12.1 Å². The number of carbonyl (C=O) groups is 2. The second-order valence-electron chi connectivity index (χ2n) is 9.21. The third-order valence-electron chi connectivity index (χ3n) is 5.68. The van der Waals surface area contributed by atoms with Crippen molar-refractivity contribution >= 4 is 17.5 Å². The molecule has 1 saturated heterocycles. The quantitative estimate of drug-likeness (QED) is 0.328. The highest BCUT2D eigenvalue weighted by atomic mass is 16.3. The Morgan fingerprint density at radius 2 is 1.89 bits per heavy atom. The normalized spacial score (nSPS) is 15.1. The number of carbonyl (C=O) groups excluding carboxylic acids is 2. The summed E-state index contributed by atoms with van der Waals surface area (Å²) in [4.78, 5) is 36.9. The average Bonchev–Trinajstić information content (AvgIpc) is 3.57. The van der Waals surface area contributed by atoms with Crippen LogP contribution in [-0.4, -0.2) is 34.5 Å². The molecule has 1 fully saturated rings. The zero-order valence-electron chi connectivity index (χ0n) is 19.9. The monoisotopic (exact) mass is 478 g/mol. The van der Waals surface area contributed by atoms with Crippen molar-refractivity contribution in [2.75, 3.05) is 11.4 Å². The first kappa shape index (κ1) is 24.5. The van der Waals surface area contributed by atoms with E-state index >= 15 is 0 Å². The number of amides is 2. The first-order valence-electron chi connectivity index (χ1n) is 11.4. The van der Waals surface area contributed by atoms with Crippen LogP contribution >= 0.6 is 0 Å². The molecule has 0 saturated carbocycles. The van der Waals surface area contributed by atoms with Gasteiger partial charge in [-0.05, 0) is 35.6 Å². The summed E-state index contributed by atoms with van der Waals surface area (Å²) < 4.78 is 5.06. The van der Waals surface area contributed by atoms with Gasteiger partial charge in [0.05, 0.1) is 6.17 Å². The molecule has 35 heavy (non-hydrogen) atoms. The maximum Gasteiger partial charge on any atom is 0.281 e.